The van der Waals surface area contributed by atoms with Gasteiger partial charge in [-0.05, 0) is 18.8 Å². The number of carbonyl (C=O) groups is 1. The summed E-state index contributed by atoms with van der Waals surface area (Å²) in [7, 11) is 0. The zero-order chi connectivity index (χ0) is 7.68. The molecule has 0 aromatic rings. The first-order valence-electron chi connectivity index (χ1n) is 3.98. The fraction of sp³-hybridized carbons (Fsp3) is 0.625. The van der Waals surface area contributed by atoms with Crippen LogP contribution < -0.4 is 0 Å². The molecule has 0 aromatic carbocycles. The Morgan fingerprint density at radius 1 is 1.36 bits per heavy atom. The van der Waals surface area contributed by atoms with E-state index in [1.807, 2.05) is 0 Å². The summed E-state index contributed by atoms with van der Waals surface area (Å²) in [4.78, 5) is 11.2. The van der Waals surface area contributed by atoms with Crippen molar-refractivity contribution in [2.24, 2.45) is 22.0 Å². The smallest absolute Gasteiger partial charge is 0.184 e. The molecule has 0 amide bonds. The van der Waals surface area contributed by atoms with E-state index in [0.717, 1.165) is 0 Å². The molecule has 11 heavy (non-hydrogen) atoms. The lowest BCUT2D eigenvalue weighted by Crippen LogP contribution is -2.31. The summed E-state index contributed by atoms with van der Waals surface area (Å²) in [6, 6.07) is 0. The topological polar surface area (TPSA) is 41.8 Å². The highest BCUT2D eigenvalue weighted by Crippen LogP contribution is 2.33. The summed E-state index contributed by atoms with van der Waals surface area (Å²) in [6.45, 7) is 0. The number of carbonyl (C=O) groups excluding carboxylic acids is 1. The van der Waals surface area contributed by atoms with Crippen LogP contribution in [0.15, 0.2) is 10.2 Å². The minimum atomic E-state index is 0.0428. The van der Waals surface area contributed by atoms with E-state index in [9.17, 15) is 4.79 Å². The van der Waals surface area contributed by atoms with Gasteiger partial charge in [-0.25, -0.2) is 0 Å². The Balaban J connectivity index is 2.07. The molecule has 1 atom stereocenters. The quantitative estimate of drug-likeness (QED) is 0.550. The van der Waals surface area contributed by atoms with E-state index in [1.54, 1.807) is 6.21 Å². The van der Waals surface area contributed by atoms with Crippen LogP contribution in [0, 0.1) is 11.8 Å². The first-order chi connectivity index (χ1) is 5.38. The molecule has 3 nitrogen and oxygen atoms in total. The molecule has 0 saturated heterocycles. The fourth-order valence-corrected chi connectivity index (χ4v) is 1.51. The Morgan fingerprint density at radius 2 is 2.18 bits per heavy atom. The minimum absolute atomic E-state index is 0.0428. The van der Waals surface area contributed by atoms with Crippen LogP contribution in [0.4, 0.5) is 0 Å². The van der Waals surface area contributed by atoms with E-state index in [1.165, 1.54) is 25.5 Å². The Hall–Kier alpha value is -0.990. The number of nitrogens with zero attached hydrogens (tertiary/aromatic N) is 2. The van der Waals surface area contributed by atoms with Crippen molar-refractivity contribution in [1.82, 2.24) is 0 Å². The lowest BCUT2D eigenvalue weighted by molar-refractivity contribution is -0.116. The van der Waals surface area contributed by atoms with Gasteiger partial charge in [-0.2, -0.15) is 10.2 Å². The lowest BCUT2D eigenvalue weighted by Gasteiger charge is -2.30. The maximum atomic E-state index is 11.2. The Kier molecular flexibility index (Phi) is 1.56. The SMILES string of the molecule is O=C1C=NN=CC1C1CCC1. The van der Waals surface area contributed by atoms with E-state index >= 15 is 0 Å². The molecule has 2 aliphatic rings. The van der Waals surface area contributed by atoms with Gasteiger partial charge in [-0.1, -0.05) is 6.42 Å². The normalized spacial score (nSPS) is 30.5. The molecule has 1 aliphatic heterocycles. The van der Waals surface area contributed by atoms with Crippen molar-refractivity contribution in [1.29, 1.82) is 0 Å². The van der Waals surface area contributed by atoms with Gasteiger partial charge in [0.2, 0.25) is 0 Å². The predicted octanol–water partition coefficient (Wildman–Crippen LogP) is 1.04. The maximum absolute atomic E-state index is 11.2. The minimum Gasteiger partial charge on any atom is -0.292 e. The average molecular weight is 150 g/mol. The van der Waals surface area contributed by atoms with Gasteiger partial charge in [-0.15, -0.1) is 0 Å². The van der Waals surface area contributed by atoms with E-state index < -0.39 is 0 Å². The molecular formula is C8H10N2O. The molecule has 0 spiro atoms. The van der Waals surface area contributed by atoms with Gasteiger partial charge in [0.1, 0.15) is 0 Å². The molecule has 1 fully saturated rings. The summed E-state index contributed by atoms with van der Waals surface area (Å²) < 4.78 is 0. The molecule has 0 bridgehead atoms. The van der Waals surface area contributed by atoms with Crippen molar-refractivity contribution in [2.75, 3.05) is 0 Å². The summed E-state index contributed by atoms with van der Waals surface area (Å²) in [5, 5.41) is 7.28. The molecule has 3 heteroatoms. The van der Waals surface area contributed by atoms with Gasteiger partial charge in [0, 0.05) is 6.21 Å². The number of Topliss-reactive ketones (excluding diaryl/α,β-unsaturated/α-hetero) is 1. The second-order valence-corrected chi connectivity index (χ2v) is 3.13. The summed E-state index contributed by atoms with van der Waals surface area (Å²) in [6.07, 6.45) is 6.64. The van der Waals surface area contributed by atoms with Crippen LogP contribution in [0.2, 0.25) is 0 Å². The summed E-state index contributed by atoms with van der Waals surface area (Å²) in [5.41, 5.74) is 0. The van der Waals surface area contributed by atoms with Gasteiger partial charge in [-0.3, -0.25) is 4.79 Å². The molecule has 0 N–H and O–H groups in total. The van der Waals surface area contributed by atoms with E-state index in [4.69, 9.17) is 0 Å². The van der Waals surface area contributed by atoms with Crippen LogP contribution in [-0.2, 0) is 4.79 Å². The fourth-order valence-electron chi connectivity index (χ4n) is 1.51. The largest absolute Gasteiger partial charge is 0.292 e. The first kappa shape index (κ1) is 6.70. The van der Waals surface area contributed by atoms with Crippen molar-refractivity contribution in [3.8, 4) is 0 Å². The van der Waals surface area contributed by atoms with E-state index in [0.29, 0.717) is 5.92 Å². The van der Waals surface area contributed by atoms with Gasteiger partial charge in [0.15, 0.2) is 5.78 Å². The summed E-state index contributed by atoms with van der Waals surface area (Å²) in [5.74, 6) is 0.726. The lowest BCUT2D eigenvalue weighted by atomic mass is 9.74. The standard InChI is InChI=1S/C8H10N2O/c11-8-5-10-9-4-7(8)6-2-1-3-6/h4-7H,1-3H2. The average Bonchev–Trinajstić information content (AvgIpc) is 1.90. The molecule has 2 rings (SSSR count). The van der Waals surface area contributed by atoms with Crippen molar-refractivity contribution < 1.29 is 4.79 Å². The third-order valence-corrected chi connectivity index (χ3v) is 2.47. The molecular weight excluding hydrogens is 140 g/mol. The van der Waals surface area contributed by atoms with Crippen LogP contribution in [0.1, 0.15) is 19.3 Å². The second kappa shape index (κ2) is 2.57. The van der Waals surface area contributed by atoms with E-state index in [-0.39, 0.29) is 11.7 Å². The van der Waals surface area contributed by atoms with Crippen LogP contribution in [0.5, 0.6) is 0 Å². The van der Waals surface area contributed by atoms with Crippen molar-refractivity contribution in [2.45, 2.75) is 19.3 Å². The van der Waals surface area contributed by atoms with Gasteiger partial charge in [0.25, 0.3) is 0 Å². The zero-order valence-corrected chi connectivity index (χ0v) is 6.23. The van der Waals surface area contributed by atoms with Crippen molar-refractivity contribution in [3.63, 3.8) is 0 Å². The van der Waals surface area contributed by atoms with Gasteiger partial charge in [0.05, 0.1) is 12.1 Å². The molecule has 1 heterocycles. The summed E-state index contributed by atoms with van der Waals surface area (Å²) >= 11 is 0. The van der Waals surface area contributed by atoms with E-state index in [2.05, 4.69) is 10.2 Å². The third-order valence-electron chi connectivity index (χ3n) is 2.47. The Morgan fingerprint density at radius 3 is 2.73 bits per heavy atom. The van der Waals surface area contributed by atoms with Gasteiger partial charge >= 0.3 is 0 Å². The van der Waals surface area contributed by atoms with Crippen molar-refractivity contribution >= 4 is 18.2 Å². The molecule has 1 saturated carbocycles. The highest BCUT2D eigenvalue weighted by atomic mass is 16.1. The van der Waals surface area contributed by atoms with Crippen molar-refractivity contribution in [3.05, 3.63) is 0 Å². The third kappa shape index (κ3) is 1.11. The predicted molar refractivity (Wildman–Crippen MR) is 42.8 cm³/mol. The van der Waals surface area contributed by atoms with Crippen LogP contribution in [0.25, 0.3) is 0 Å². The zero-order valence-electron chi connectivity index (χ0n) is 6.23. The van der Waals surface area contributed by atoms with Crippen LogP contribution >= 0.6 is 0 Å². The first-order valence-corrected chi connectivity index (χ1v) is 3.98. The number of hydrogen-bond donors (Lipinski definition) is 0. The molecule has 0 radical (unpaired) electrons. The monoisotopic (exact) mass is 150 g/mol. The highest BCUT2D eigenvalue weighted by molar-refractivity contribution is 6.32. The molecule has 0 aromatic heterocycles. The van der Waals surface area contributed by atoms with Gasteiger partial charge < -0.3 is 0 Å². The second-order valence-electron chi connectivity index (χ2n) is 3.13. The molecule has 58 valence electrons. The molecule has 1 unspecified atom stereocenters. The molecule has 1 aliphatic carbocycles. The Bertz CT molecular complexity index is 228. The Labute approximate surface area is 65.2 Å². The number of rotatable bonds is 1. The maximum Gasteiger partial charge on any atom is 0.184 e. The van der Waals surface area contributed by atoms with Crippen LogP contribution in [0.3, 0.4) is 0 Å². The van der Waals surface area contributed by atoms with Crippen LogP contribution in [-0.4, -0.2) is 18.2 Å². The highest BCUT2D eigenvalue weighted by Gasteiger charge is 2.31. The number of hydrogen-bond acceptors (Lipinski definition) is 3. The number of ketones is 1.